The smallest absolute Gasteiger partial charge is 0.273 e. The molecule has 1 heterocycles. The molecule has 0 bridgehead atoms. The molecule has 0 spiro atoms. The minimum absolute atomic E-state index is 0.0506. The first-order valence-electron chi connectivity index (χ1n) is 10.00. The number of hydrogen-bond acceptors (Lipinski definition) is 4. The van der Waals surface area contributed by atoms with Crippen molar-refractivity contribution in [3.8, 4) is 0 Å². The molecule has 0 saturated carbocycles. The number of hydrogen-bond donors (Lipinski definition) is 1. The number of carbonyl (C=O) groups is 1. The largest absolute Gasteiger partial charge is 0.447 e. The summed E-state index contributed by atoms with van der Waals surface area (Å²) in [6.45, 7) is 5.26. The molecule has 0 aliphatic heterocycles. The predicted octanol–water partition coefficient (Wildman–Crippen LogP) is 5.85. The Balaban J connectivity index is 1.77. The molecule has 5 nitrogen and oxygen atoms in total. The fourth-order valence-corrected chi connectivity index (χ4v) is 3.45. The molecule has 2 aromatic carbocycles. The zero-order valence-electron chi connectivity index (χ0n) is 17.4. The SMILES string of the molecule is CC[C@@H](C)NC(=O)c1coc(CN(Cc2ccc(F)cc2)Cc2ccc(Cl)cc2Cl)n1. The summed E-state index contributed by atoms with van der Waals surface area (Å²) in [4.78, 5) is 18.7. The van der Waals surface area contributed by atoms with Crippen molar-refractivity contribution in [2.45, 2.75) is 45.9 Å². The van der Waals surface area contributed by atoms with Crippen molar-refractivity contribution in [2.24, 2.45) is 0 Å². The number of carbonyl (C=O) groups excluding carboxylic acids is 1. The maximum Gasteiger partial charge on any atom is 0.273 e. The van der Waals surface area contributed by atoms with Crippen LogP contribution in [0.3, 0.4) is 0 Å². The van der Waals surface area contributed by atoms with E-state index in [0.29, 0.717) is 35.6 Å². The summed E-state index contributed by atoms with van der Waals surface area (Å²) < 4.78 is 18.8. The van der Waals surface area contributed by atoms with Crippen molar-refractivity contribution in [2.75, 3.05) is 0 Å². The van der Waals surface area contributed by atoms with Gasteiger partial charge in [-0.1, -0.05) is 48.3 Å². The van der Waals surface area contributed by atoms with Gasteiger partial charge in [-0.3, -0.25) is 9.69 Å². The Kier molecular flexibility index (Phi) is 8.07. The Morgan fingerprint density at radius 2 is 1.90 bits per heavy atom. The van der Waals surface area contributed by atoms with Crippen LogP contribution in [0.2, 0.25) is 10.0 Å². The van der Waals surface area contributed by atoms with Crippen LogP contribution in [-0.2, 0) is 19.6 Å². The highest BCUT2D eigenvalue weighted by Crippen LogP contribution is 2.24. The second-order valence-electron chi connectivity index (χ2n) is 7.42. The molecule has 3 rings (SSSR count). The maximum absolute atomic E-state index is 13.3. The van der Waals surface area contributed by atoms with Gasteiger partial charge in [-0.25, -0.2) is 9.37 Å². The van der Waals surface area contributed by atoms with Crippen molar-refractivity contribution in [3.63, 3.8) is 0 Å². The summed E-state index contributed by atoms with van der Waals surface area (Å²) in [5.41, 5.74) is 2.05. The van der Waals surface area contributed by atoms with Crippen LogP contribution in [0, 0.1) is 5.82 Å². The van der Waals surface area contributed by atoms with Crippen LogP contribution in [0.1, 0.15) is 47.8 Å². The molecule has 0 unspecified atom stereocenters. The summed E-state index contributed by atoms with van der Waals surface area (Å²) in [7, 11) is 0. The molecular weight excluding hydrogens is 440 g/mol. The van der Waals surface area contributed by atoms with Crippen molar-refractivity contribution < 1.29 is 13.6 Å². The fraction of sp³-hybridized carbons (Fsp3) is 0.304. The topological polar surface area (TPSA) is 58.4 Å². The van der Waals surface area contributed by atoms with Gasteiger partial charge in [-0.05, 0) is 48.7 Å². The van der Waals surface area contributed by atoms with Crippen LogP contribution in [0.15, 0.2) is 53.1 Å². The van der Waals surface area contributed by atoms with Crippen molar-refractivity contribution in [3.05, 3.63) is 87.3 Å². The highest BCUT2D eigenvalue weighted by atomic mass is 35.5. The molecule has 0 aliphatic carbocycles. The number of amides is 1. The van der Waals surface area contributed by atoms with Gasteiger partial charge in [0.05, 0.1) is 6.54 Å². The number of aromatic nitrogens is 1. The van der Waals surface area contributed by atoms with Crippen LogP contribution in [0.4, 0.5) is 4.39 Å². The van der Waals surface area contributed by atoms with Crippen molar-refractivity contribution >= 4 is 29.1 Å². The minimum Gasteiger partial charge on any atom is -0.447 e. The van der Waals surface area contributed by atoms with E-state index in [-0.39, 0.29) is 23.5 Å². The van der Waals surface area contributed by atoms with Gasteiger partial charge in [0.25, 0.3) is 5.91 Å². The molecule has 0 fully saturated rings. The molecule has 0 aliphatic rings. The number of nitrogens with one attached hydrogen (secondary N) is 1. The quantitative estimate of drug-likeness (QED) is 0.432. The number of benzene rings is 2. The van der Waals surface area contributed by atoms with E-state index < -0.39 is 0 Å². The second kappa shape index (κ2) is 10.8. The van der Waals surface area contributed by atoms with Crippen LogP contribution in [-0.4, -0.2) is 21.8 Å². The van der Waals surface area contributed by atoms with Crippen LogP contribution < -0.4 is 5.32 Å². The summed E-state index contributed by atoms with van der Waals surface area (Å²) in [6.07, 6.45) is 2.18. The highest BCUT2D eigenvalue weighted by molar-refractivity contribution is 6.35. The van der Waals surface area contributed by atoms with E-state index in [1.807, 2.05) is 24.8 Å². The van der Waals surface area contributed by atoms with Gasteiger partial charge in [-0.15, -0.1) is 0 Å². The first-order valence-corrected chi connectivity index (χ1v) is 10.8. The number of oxazole rings is 1. The maximum atomic E-state index is 13.3. The van der Waals surface area contributed by atoms with E-state index >= 15 is 0 Å². The number of halogens is 3. The average molecular weight is 464 g/mol. The van der Waals surface area contributed by atoms with Gasteiger partial charge in [0.1, 0.15) is 12.1 Å². The molecule has 1 N–H and O–H groups in total. The zero-order chi connectivity index (χ0) is 22.4. The van der Waals surface area contributed by atoms with Gasteiger partial charge in [-0.2, -0.15) is 0 Å². The van der Waals surface area contributed by atoms with Gasteiger partial charge in [0.15, 0.2) is 5.69 Å². The lowest BCUT2D eigenvalue weighted by atomic mass is 10.1. The first kappa shape index (κ1) is 23.3. The van der Waals surface area contributed by atoms with E-state index in [9.17, 15) is 9.18 Å². The van der Waals surface area contributed by atoms with E-state index in [4.69, 9.17) is 27.6 Å². The van der Waals surface area contributed by atoms with Crippen LogP contribution >= 0.6 is 23.2 Å². The number of rotatable bonds is 9. The lowest BCUT2D eigenvalue weighted by Gasteiger charge is -2.21. The fourth-order valence-electron chi connectivity index (χ4n) is 2.99. The summed E-state index contributed by atoms with van der Waals surface area (Å²) in [5, 5.41) is 3.98. The van der Waals surface area contributed by atoms with Gasteiger partial charge >= 0.3 is 0 Å². The predicted molar refractivity (Wildman–Crippen MR) is 120 cm³/mol. The monoisotopic (exact) mass is 463 g/mol. The second-order valence-corrected chi connectivity index (χ2v) is 8.26. The third kappa shape index (κ3) is 6.79. The minimum atomic E-state index is -0.291. The highest BCUT2D eigenvalue weighted by Gasteiger charge is 2.17. The zero-order valence-corrected chi connectivity index (χ0v) is 18.9. The Morgan fingerprint density at radius 1 is 1.16 bits per heavy atom. The van der Waals surface area contributed by atoms with Crippen LogP contribution in [0.5, 0.6) is 0 Å². The van der Waals surface area contributed by atoms with E-state index in [1.165, 1.54) is 18.4 Å². The summed E-state index contributed by atoms with van der Waals surface area (Å²) >= 11 is 12.4. The number of nitrogens with zero attached hydrogens (tertiary/aromatic N) is 2. The Morgan fingerprint density at radius 3 is 2.58 bits per heavy atom. The Labute approximate surface area is 191 Å². The van der Waals surface area contributed by atoms with Crippen molar-refractivity contribution in [1.82, 2.24) is 15.2 Å². The molecule has 31 heavy (non-hydrogen) atoms. The normalized spacial score (nSPS) is 12.2. The summed E-state index contributed by atoms with van der Waals surface area (Å²) in [6, 6.07) is 11.7. The molecule has 0 saturated heterocycles. The van der Waals surface area contributed by atoms with E-state index in [2.05, 4.69) is 10.3 Å². The van der Waals surface area contributed by atoms with E-state index in [0.717, 1.165) is 17.5 Å². The Hall–Kier alpha value is -2.41. The molecular formula is C23H24Cl2FN3O2. The lowest BCUT2D eigenvalue weighted by molar-refractivity contribution is 0.0934. The van der Waals surface area contributed by atoms with Gasteiger partial charge in [0, 0.05) is 29.2 Å². The molecule has 164 valence electrons. The first-order chi connectivity index (χ1) is 14.8. The standard InChI is InChI=1S/C23H24Cl2FN3O2/c1-3-15(2)27-23(30)21-14-31-22(28-21)13-29(11-16-4-8-19(26)9-5-16)12-17-6-7-18(24)10-20(17)25/h4-10,14-15H,3,11-13H2,1-2H3,(H,27,30)/t15-/m1/s1. The summed E-state index contributed by atoms with van der Waals surface area (Å²) in [5.74, 6) is -0.155. The van der Waals surface area contributed by atoms with Gasteiger partial charge in [0.2, 0.25) is 5.89 Å². The van der Waals surface area contributed by atoms with Gasteiger partial charge < -0.3 is 9.73 Å². The molecule has 8 heteroatoms. The van der Waals surface area contributed by atoms with E-state index in [1.54, 1.807) is 24.3 Å². The molecule has 3 aromatic rings. The van der Waals surface area contributed by atoms with Crippen molar-refractivity contribution in [1.29, 1.82) is 0 Å². The molecule has 1 aromatic heterocycles. The lowest BCUT2D eigenvalue weighted by Crippen LogP contribution is -2.32. The Bertz CT molecular complexity index is 1020. The third-order valence-electron chi connectivity index (χ3n) is 4.86. The van der Waals surface area contributed by atoms with Crippen LogP contribution in [0.25, 0.3) is 0 Å². The molecule has 1 atom stereocenters. The third-order valence-corrected chi connectivity index (χ3v) is 5.45. The molecule has 0 radical (unpaired) electrons. The average Bonchev–Trinajstić information content (AvgIpc) is 3.20. The molecule has 1 amide bonds.